The predicted molar refractivity (Wildman–Crippen MR) is 55.2 cm³/mol. The lowest BCUT2D eigenvalue weighted by atomic mass is 10.2. The van der Waals surface area contributed by atoms with Crippen LogP contribution in [-0.2, 0) is 0 Å². The van der Waals surface area contributed by atoms with Gasteiger partial charge in [-0.2, -0.15) is 0 Å². The van der Waals surface area contributed by atoms with Crippen LogP contribution in [0.3, 0.4) is 0 Å². The zero-order chi connectivity index (χ0) is 8.72. The van der Waals surface area contributed by atoms with E-state index in [0.29, 0.717) is 10.8 Å². The van der Waals surface area contributed by atoms with E-state index in [-0.39, 0.29) is 0 Å². The highest BCUT2D eigenvalue weighted by Gasteiger charge is 2.05. The number of rotatable bonds is 0. The molecule has 2 rings (SSSR count). The lowest BCUT2D eigenvalue weighted by Crippen LogP contribution is -1.85. The van der Waals surface area contributed by atoms with E-state index in [4.69, 9.17) is 5.73 Å². The van der Waals surface area contributed by atoms with Gasteiger partial charge in [0.25, 0.3) is 0 Å². The molecule has 0 radical (unpaired) electrons. The van der Waals surface area contributed by atoms with Gasteiger partial charge in [0.1, 0.15) is 0 Å². The molecule has 0 aliphatic carbocycles. The van der Waals surface area contributed by atoms with E-state index in [1.807, 2.05) is 6.07 Å². The number of nitrogens with two attached hydrogens (primary N) is 1. The van der Waals surface area contributed by atoms with Crippen molar-refractivity contribution in [2.75, 3.05) is 5.73 Å². The van der Waals surface area contributed by atoms with Gasteiger partial charge >= 0.3 is 0 Å². The number of thiol groups is 1. The minimum absolute atomic E-state index is 0.297. The Labute approximate surface area is 79.0 Å². The van der Waals surface area contributed by atoms with Gasteiger partial charge in [-0.3, -0.25) is 0 Å². The molecule has 2 nitrogen and oxygen atoms in total. The van der Waals surface area contributed by atoms with Crippen molar-refractivity contribution in [3.63, 3.8) is 0 Å². The summed E-state index contributed by atoms with van der Waals surface area (Å²) in [6.45, 7) is 0. The lowest BCUT2D eigenvalue weighted by Gasteiger charge is -1.98. The lowest BCUT2D eigenvalue weighted by molar-refractivity contribution is 0.491. The molecule has 62 valence electrons. The van der Waals surface area contributed by atoms with E-state index < -0.39 is 0 Å². The van der Waals surface area contributed by atoms with Crippen LogP contribution < -0.4 is 5.73 Å². The molecule has 1 aromatic carbocycles. The molecule has 0 saturated heterocycles. The Bertz CT molecular complexity index is 436. The number of hydrogen-bond donors (Lipinski definition) is 3. The molecule has 1 aromatic heterocycles. The maximum Gasteiger partial charge on any atom is 0.172 e. The van der Waals surface area contributed by atoms with Crippen LogP contribution in [0, 0.1) is 0 Å². The summed E-state index contributed by atoms with van der Waals surface area (Å²) in [4.78, 5) is 0.740. The molecular weight excluding hydrogens is 190 g/mol. The smallest absolute Gasteiger partial charge is 0.172 e. The summed E-state index contributed by atoms with van der Waals surface area (Å²) in [5.74, 6) is 0. The van der Waals surface area contributed by atoms with Crippen LogP contribution in [0.5, 0.6) is 5.06 Å². The SMILES string of the molecule is Nc1ccc2sc(O)cc2c1S. The van der Waals surface area contributed by atoms with Crippen LogP contribution in [0.15, 0.2) is 23.1 Å². The minimum Gasteiger partial charge on any atom is -0.499 e. The van der Waals surface area contributed by atoms with Crippen molar-refractivity contribution in [3.8, 4) is 5.06 Å². The average Bonchev–Trinajstić information content (AvgIpc) is 2.39. The fraction of sp³-hybridized carbons (Fsp3) is 0. The third-order valence-corrected chi connectivity index (χ3v) is 3.09. The summed E-state index contributed by atoms with van der Waals surface area (Å²) in [5, 5.41) is 10.4. The number of aromatic hydroxyl groups is 1. The van der Waals surface area contributed by atoms with Crippen molar-refractivity contribution < 1.29 is 5.11 Å². The van der Waals surface area contributed by atoms with Crippen molar-refractivity contribution >= 4 is 39.7 Å². The molecule has 1 heterocycles. The number of fused-ring (bicyclic) bond motifs is 1. The van der Waals surface area contributed by atoms with E-state index in [1.54, 1.807) is 12.1 Å². The summed E-state index contributed by atoms with van der Waals surface area (Å²) in [6.07, 6.45) is 0. The average molecular weight is 197 g/mol. The zero-order valence-corrected chi connectivity index (χ0v) is 7.82. The van der Waals surface area contributed by atoms with E-state index in [2.05, 4.69) is 12.6 Å². The highest BCUT2D eigenvalue weighted by molar-refractivity contribution is 7.80. The summed E-state index contributed by atoms with van der Waals surface area (Å²) >= 11 is 5.57. The van der Waals surface area contributed by atoms with Gasteiger partial charge in [-0.1, -0.05) is 11.3 Å². The Morgan fingerprint density at radius 1 is 1.42 bits per heavy atom. The van der Waals surface area contributed by atoms with Crippen LogP contribution >= 0.6 is 24.0 Å². The number of anilines is 1. The molecule has 0 atom stereocenters. The molecular formula is C8H7NOS2. The van der Waals surface area contributed by atoms with Crippen molar-refractivity contribution in [2.45, 2.75) is 4.90 Å². The second-order valence-corrected chi connectivity index (χ2v) is 4.01. The molecule has 0 aliphatic heterocycles. The normalized spacial score (nSPS) is 10.8. The Balaban J connectivity index is 2.89. The number of nitrogen functional groups attached to an aromatic ring is 1. The van der Waals surface area contributed by atoms with Gasteiger partial charge in [-0.15, -0.1) is 12.6 Å². The van der Waals surface area contributed by atoms with Gasteiger partial charge in [0.15, 0.2) is 5.06 Å². The van der Waals surface area contributed by atoms with Crippen LogP contribution in [0.1, 0.15) is 0 Å². The molecule has 0 spiro atoms. The minimum atomic E-state index is 0.297. The third kappa shape index (κ3) is 1.04. The van der Waals surface area contributed by atoms with E-state index in [1.165, 1.54) is 11.3 Å². The van der Waals surface area contributed by atoms with Gasteiger partial charge in [0.05, 0.1) is 0 Å². The predicted octanol–water partition coefficient (Wildman–Crippen LogP) is 2.48. The molecule has 0 saturated carbocycles. The second kappa shape index (κ2) is 2.57. The first kappa shape index (κ1) is 7.76. The number of hydrogen-bond acceptors (Lipinski definition) is 4. The number of thiophene rings is 1. The Morgan fingerprint density at radius 3 is 2.92 bits per heavy atom. The van der Waals surface area contributed by atoms with Crippen molar-refractivity contribution in [1.82, 2.24) is 0 Å². The Morgan fingerprint density at radius 2 is 2.17 bits per heavy atom. The maximum absolute atomic E-state index is 9.22. The summed E-state index contributed by atoms with van der Waals surface area (Å²) in [7, 11) is 0. The van der Waals surface area contributed by atoms with Crippen LogP contribution in [0.2, 0.25) is 0 Å². The molecule has 0 amide bonds. The summed E-state index contributed by atoms with van der Waals surface area (Å²) < 4.78 is 1.01. The zero-order valence-electron chi connectivity index (χ0n) is 6.11. The first-order valence-electron chi connectivity index (χ1n) is 3.38. The fourth-order valence-electron chi connectivity index (χ4n) is 1.10. The highest BCUT2D eigenvalue weighted by Crippen LogP contribution is 2.36. The Kier molecular flexibility index (Phi) is 1.66. The van der Waals surface area contributed by atoms with Crippen molar-refractivity contribution in [1.29, 1.82) is 0 Å². The van der Waals surface area contributed by atoms with E-state index in [0.717, 1.165) is 15.0 Å². The fourth-order valence-corrected chi connectivity index (χ4v) is 2.24. The maximum atomic E-state index is 9.22. The van der Waals surface area contributed by atoms with Gasteiger partial charge in [0, 0.05) is 26.7 Å². The largest absolute Gasteiger partial charge is 0.499 e. The quantitative estimate of drug-likeness (QED) is 0.449. The first-order valence-corrected chi connectivity index (χ1v) is 4.65. The standard InChI is InChI=1S/C8H7NOS2/c9-5-1-2-6-4(8(5)11)3-7(10)12-6/h1-3,10-11H,9H2. The topological polar surface area (TPSA) is 46.2 Å². The van der Waals surface area contributed by atoms with Crippen LogP contribution in [0.4, 0.5) is 5.69 Å². The van der Waals surface area contributed by atoms with Crippen molar-refractivity contribution in [2.24, 2.45) is 0 Å². The Hall–Kier alpha value is -0.870. The molecule has 12 heavy (non-hydrogen) atoms. The van der Waals surface area contributed by atoms with Crippen molar-refractivity contribution in [3.05, 3.63) is 18.2 Å². The van der Waals surface area contributed by atoms with E-state index in [9.17, 15) is 5.11 Å². The second-order valence-electron chi connectivity index (χ2n) is 2.50. The molecule has 0 unspecified atom stereocenters. The first-order chi connectivity index (χ1) is 5.68. The van der Waals surface area contributed by atoms with Crippen LogP contribution in [0.25, 0.3) is 10.1 Å². The molecule has 2 aromatic rings. The molecule has 3 N–H and O–H groups in total. The molecule has 0 aliphatic rings. The number of benzene rings is 1. The van der Waals surface area contributed by atoms with Gasteiger partial charge < -0.3 is 10.8 Å². The monoisotopic (exact) mass is 197 g/mol. The van der Waals surface area contributed by atoms with E-state index >= 15 is 0 Å². The molecule has 0 fully saturated rings. The van der Waals surface area contributed by atoms with Gasteiger partial charge in [-0.25, -0.2) is 0 Å². The molecule has 0 bridgehead atoms. The summed E-state index contributed by atoms with van der Waals surface area (Å²) in [6, 6.07) is 5.36. The van der Waals surface area contributed by atoms with Gasteiger partial charge in [0.2, 0.25) is 0 Å². The summed E-state index contributed by atoms with van der Waals surface area (Å²) in [5.41, 5.74) is 6.28. The third-order valence-electron chi connectivity index (χ3n) is 1.69. The highest BCUT2D eigenvalue weighted by atomic mass is 32.1. The van der Waals surface area contributed by atoms with Crippen LogP contribution in [-0.4, -0.2) is 5.11 Å². The molecule has 4 heteroatoms. The van der Waals surface area contributed by atoms with Gasteiger partial charge in [-0.05, 0) is 12.1 Å².